The summed E-state index contributed by atoms with van der Waals surface area (Å²) in [4.78, 5) is 0. The Bertz CT molecular complexity index is 249. The molecule has 9 heavy (non-hydrogen) atoms. The van der Waals surface area contributed by atoms with Gasteiger partial charge in [0.2, 0.25) is 0 Å². The highest BCUT2D eigenvalue weighted by Crippen LogP contribution is 2.09. The Labute approximate surface area is 58.5 Å². The molecule has 0 atom stereocenters. The number of hydrogen-bond donors (Lipinski definition) is 0. The van der Waals surface area contributed by atoms with E-state index in [2.05, 4.69) is 12.1 Å². The molecular formula is C7H2ClN. The van der Waals surface area contributed by atoms with Crippen LogP contribution in [0.5, 0.6) is 0 Å². The molecule has 2 heteroatoms. The Morgan fingerprint density at radius 3 is 2.56 bits per heavy atom. The smallest absolute Gasteiger partial charge is 0.101 e. The maximum absolute atomic E-state index is 8.35. The zero-order chi connectivity index (χ0) is 6.69. The van der Waals surface area contributed by atoms with Crippen molar-refractivity contribution in [1.82, 2.24) is 0 Å². The Morgan fingerprint density at radius 1 is 1.44 bits per heavy atom. The maximum Gasteiger partial charge on any atom is 0.101 e. The van der Waals surface area contributed by atoms with Crippen LogP contribution in [0.3, 0.4) is 0 Å². The fraction of sp³-hybridized carbons (Fsp3) is 0. The average molecular weight is 136 g/mol. The molecule has 0 heterocycles. The summed E-state index contributed by atoms with van der Waals surface area (Å²) in [5.41, 5.74) is 0.440. The fourth-order valence-corrected chi connectivity index (χ4v) is 0.603. The Kier molecular flexibility index (Phi) is 1.58. The SMILES string of the molecule is N#Cc1cc#ccc1Cl. The van der Waals surface area contributed by atoms with E-state index >= 15 is 0 Å². The molecule has 1 rings (SSSR count). The highest BCUT2D eigenvalue weighted by molar-refractivity contribution is 6.31. The zero-order valence-corrected chi connectivity index (χ0v) is 5.24. The van der Waals surface area contributed by atoms with Crippen molar-refractivity contribution in [2.75, 3.05) is 0 Å². The Morgan fingerprint density at radius 2 is 2.11 bits per heavy atom. The summed E-state index contributed by atoms with van der Waals surface area (Å²) in [6, 6.07) is 10.2. The van der Waals surface area contributed by atoms with Gasteiger partial charge in [0.15, 0.2) is 0 Å². The van der Waals surface area contributed by atoms with Gasteiger partial charge in [0, 0.05) is 12.1 Å². The van der Waals surface area contributed by atoms with Crippen LogP contribution < -0.4 is 0 Å². The van der Waals surface area contributed by atoms with Crippen molar-refractivity contribution in [3.05, 3.63) is 34.9 Å². The monoisotopic (exact) mass is 135 g/mol. The molecule has 0 bridgehead atoms. The van der Waals surface area contributed by atoms with Gasteiger partial charge >= 0.3 is 0 Å². The van der Waals surface area contributed by atoms with Crippen LogP contribution in [0.4, 0.5) is 0 Å². The van der Waals surface area contributed by atoms with Gasteiger partial charge in [0.1, 0.15) is 6.07 Å². The van der Waals surface area contributed by atoms with Crippen molar-refractivity contribution in [2.24, 2.45) is 0 Å². The summed E-state index contributed by atoms with van der Waals surface area (Å²) >= 11 is 5.55. The number of nitriles is 1. The van der Waals surface area contributed by atoms with Crippen molar-refractivity contribution in [3.63, 3.8) is 0 Å². The second kappa shape index (κ2) is 2.40. The minimum Gasteiger partial charge on any atom is -0.192 e. The van der Waals surface area contributed by atoms with E-state index in [4.69, 9.17) is 16.9 Å². The first kappa shape index (κ1) is 5.95. The van der Waals surface area contributed by atoms with Crippen LogP contribution in [0.1, 0.15) is 5.56 Å². The number of rotatable bonds is 0. The van der Waals surface area contributed by atoms with Gasteiger partial charge in [-0.3, -0.25) is 0 Å². The molecule has 0 N–H and O–H groups in total. The number of nitrogens with zero attached hydrogens (tertiary/aromatic N) is 1. The van der Waals surface area contributed by atoms with Crippen LogP contribution in [0.2, 0.25) is 5.02 Å². The first-order valence-electron chi connectivity index (χ1n) is 2.32. The van der Waals surface area contributed by atoms with Crippen molar-refractivity contribution in [2.45, 2.75) is 0 Å². The molecule has 0 amide bonds. The van der Waals surface area contributed by atoms with E-state index in [0.717, 1.165) is 0 Å². The predicted octanol–water partition coefficient (Wildman–Crippen LogP) is 1.81. The van der Waals surface area contributed by atoms with Crippen LogP contribution in [0.25, 0.3) is 0 Å². The molecule has 0 saturated carbocycles. The molecule has 1 nitrogen and oxygen atoms in total. The summed E-state index contributed by atoms with van der Waals surface area (Å²) in [6.07, 6.45) is 0. The second-order valence-electron chi connectivity index (χ2n) is 1.45. The predicted molar refractivity (Wildman–Crippen MR) is 33.8 cm³/mol. The lowest BCUT2D eigenvalue weighted by molar-refractivity contribution is 1.49. The van der Waals surface area contributed by atoms with Gasteiger partial charge in [-0.25, -0.2) is 0 Å². The summed E-state index contributed by atoms with van der Waals surface area (Å²) < 4.78 is 0. The number of hydrogen-bond acceptors (Lipinski definition) is 1. The molecule has 0 unspecified atom stereocenters. The van der Waals surface area contributed by atoms with Crippen LogP contribution in [0, 0.1) is 23.5 Å². The van der Waals surface area contributed by atoms with Crippen LogP contribution in [0.15, 0.2) is 12.1 Å². The van der Waals surface area contributed by atoms with Gasteiger partial charge in [-0.1, -0.05) is 23.7 Å². The summed E-state index contributed by atoms with van der Waals surface area (Å²) in [6.45, 7) is 0. The van der Waals surface area contributed by atoms with E-state index in [1.807, 2.05) is 6.07 Å². The van der Waals surface area contributed by atoms with Gasteiger partial charge in [0.25, 0.3) is 0 Å². The molecule has 0 radical (unpaired) electrons. The lowest BCUT2D eigenvalue weighted by Crippen LogP contribution is -1.70. The first-order chi connectivity index (χ1) is 4.34. The van der Waals surface area contributed by atoms with Gasteiger partial charge < -0.3 is 0 Å². The van der Waals surface area contributed by atoms with Crippen molar-refractivity contribution in [3.8, 4) is 6.07 Å². The lowest BCUT2D eigenvalue weighted by atomic mass is 10.3. The van der Waals surface area contributed by atoms with Crippen LogP contribution in [-0.4, -0.2) is 0 Å². The van der Waals surface area contributed by atoms with Crippen molar-refractivity contribution >= 4 is 11.6 Å². The third-order valence-corrected chi connectivity index (χ3v) is 1.19. The van der Waals surface area contributed by atoms with Crippen LogP contribution in [-0.2, 0) is 0 Å². The van der Waals surface area contributed by atoms with E-state index in [-0.39, 0.29) is 0 Å². The van der Waals surface area contributed by atoms with E-state index in [9.17, 15) is 0 Å². The van der Waals surface area contributed by atoms with Crippen molar-refractivity contribution < 1.29 is 0 Å². The second-order valence-corrected chi connectivity index (χ2v) is 1.86. The molecule has 1 aromatic carbocycles. The third kappa shape index (κ3) is 1.13. The molecule has 0 saturated heterocycles. The normalized spacial score (nSPS) is 7.56. The molecule has 0 aliphatic carbocycles. The van der Waals surface area contributed by atoms with E-state index in [1.54, 1.807) is 0 Å². The average Bonchev–Trinajstić information content (AvgIpc) is 1.89. The number of halogens is 1. The highest BCUT2D eigenvalue weighted by Gasteiger charge is 1.92. The van der Waals surface area contributed by atoms with E-state index in [0.29, 0.717) is 10.6 Å². The summed E-state index contributed by atoms with van der Waals surface area (Å²) in [5.74, 6) is 0. The minimum atomic E-state index is 0.427. The standard InChI is InChI=1S/C7H2ClN/c8-7-4-2-1-3-6(7)5-9/h3-4H. The molecule has 0 fully saturated rings. The molecule has 42 valence electrons. The largest absolute Gasteiger partial charge is 0.192 e. The van der Waals surface area contributed by atoms with Gasteiger partial charge in [-0.2, -0.15) is 5.26 Å². The molecule has 1 aromatic rings. The molecular weight excluding hydrogens is 134 g/mol. The van der Waals surface area contributed by atoms with Gasteiger partial charge in [-0.15, -0.1) is 0 Å². The zero-order valence-electron chi connectivity index (χ0n) is 4.48. The first-order valence-corrected chi connectivity index (χ1v) is 2.70. The summed E-state index contributed by atoms with van der Waals surface area (Å²) in [7, 11) is 0. The molecule has 0 aromatic heterocycles. The molecule has 0 spiro atoms. The van der Waals surface area contributed by atoms with Crippen molar-refractivity contribution in [1.29, 1.82) is 5.26 Å². The highest BCUT2D eigenvalue weighted by atomic mass is 35.5. The summed E-state index contributed by atoms with van der Waals surface area (Å²) in [5, 5.41) is 8.78. The van der Waals surface area contributed by atoms with Crippen LogP contribution >= 0.6 is 11.6 Å². The maximum atomic E-state index is 8.35. The van der Waals surface area contributed by atoms with E-state index < -0.39 is 0 Å². The quantitative estimate of drug-likeness (QED) is 0.532. The van der Waals surface area contributed by atoms with Gasteiger partial charge in [-0.05, 0) is 0 Å². The third-order valence-electron chi connectivity index (χ3n) is 0.876. The van der Waals surface area contributed by atoms with E-state index in [1.165, 1.54) is 12.1 Å². The lowest BCUT2D eigenvalue weighted by Gasteiger charge is -1.83. The topological polar surface area (TPSA) is 23.8 Å². The fourth-order valence-electron chi connectivity index (χ4n) is 0.451. The Balaban J connectivity index is 3.20. The molecule has 0 aliphatic heterocycles. The minimum absolute atomic E-state index is 0.427. The molecule has 0 aliphatic rings. The van der Waals surface area contributed by atoms with Gasteiger partial charge in [0.05, 0.1) is 10.6 Å². The Hall–Kier alpha value is -1.18.